The van der Waals surface area contributed by atoms with Crippen molar-refractivity contribution in [3.63, 3.8) is 0 Å². The monoisotopic (exact) mass is 391 g/mol. The summed E-state index contributed by atoms with van der Waals surface area (Å²) in [5.74, 6) is 0.882. The summed E-state index contributed by atoms with van der Waals surface area (Å²) in [6, 6.07) is 4.46. The van der Waals surface area contributed by atoms with Gasteiger partial charge in [0.25, 0.3) is 0 Å². The Morgan fingerprint density at radius 2 is 2.00 bits per heavy atom. The Kier molecular flexibility index (Phi) is 6.74. The van der Waals surface area contributed by atoms with E-state index < -0.39 is 12.0 Å². The van der Waals surface area contributed by atoms with E-state index in [-0.39, 0.29) is 23.9 Å². The first-order valence-corrected chi connectivity index (χ1v) is 7.83. The zero-order chi connectivity index (χ0) is 17.9. The number of rotatable bonds is 6. The largest absolute Gasteiger partial charge is 0.493 e. The third-order valence-electron chi connectivity index (χ3n) is 4.36. The summed E-state index contributed by atoms with van der Waals surface area (Å²) in [6.45, 7) is -1.39. The van der Waals surface area contributed by atoms with Gasteiger partial charge in [0.05, 0.1) is 12.5 Å². The van der Waals surface area contributed by atoms with Crippen molar-refractivity contribution in [2.45, 2.75) is 24.9 Å². The van der Waals surface area contributed by atoms with E-state index in [0.29, 0.717) is 49.9 Å². The molecule has 0 amide bonds. The molecule has 0 bridgehead atoms. The molecule has 0 unspecified atom stereocenters. The van der Waals surface area contributed by atoms with Crippen molar-refractivity contribution >= 4 is 12.4 Å². The SMILES string of the molecule is COc1cc(-c2noc(C3(CN)CCOCC3)n2)ccc1OC(F)F.Cl. The van der Waals surface area contributed by atoms with Crippen molar-refractivity contribution in [1.29, 1.82) is 0 Å². The van der Waals surface area contributed by atoms with Gasteiger partial charge < -0.3 is 24.5 Å². The lowest BCUT2D eigenvalue weighted by atomic mass is 9.80. The number of methoxy groups -OCH3 is 1. The number of nitrogens with two attached hydrogens (primary N) is 1. The van der Waals surface area contributed by atoms with Gasteiger partial charge in [-0.1, -0.05) is 5.16 Å². The number of aromatic nitrogens is 2. The van der Waals surface area contributed by atoms with Crippen LogP contribution in [0.1, 0.15) is 18.7 Å². The van der Waals surface area contributed by atoms with Crippen LogP contribution in [-0.4, -0.2) is 43.6 Å². The van der Waals surface area contributed by atoms with Crippen LogP contribution in [0.4, 0.5) is 8.78 Å². The predicted molar refractivity (Wildman–Crippen MR) is 91.0 cm³/mol. The van der Waals surface area contributed by atoms with Crippen LogP contribution < -0.4 is 15.2 Å². The molecule has 26 heavy (non-hydrogen) atoms. The maximum Gasteiger partial charge on any atom is 0.387 e. The van der Waals surface area contributed by atoms with Crippen molar-refractivity contribution in [2.75, 3.05) is 26.9 Å². The molecule has 2 N–H and O–H groups in total. The number of hydrogen-bond acceptors (Lipinski definition) is 7. The van der Waals surface area contributed by atoms with Crippen molar-refractivity contribution < 1.29 is 27.5 Å². The van der Waals surface area contributed by atoms with E-state index in [1.165, 1.54) is 19.2 Å². The molecule has 1 aromatic heterocycles. The van der Waals surface area contributed by atoms with Gasteiger partial charge in [0.2, 0.25) is 11.7 Å². The second-order valence-corrected chi connectivity index (χ2v) is 5.76. The lowest BCUT2D eigenvalue weighted by Crippen LogP contribution is -2.40. The minimum atomic E-state index is -2.94. The summed E-state index contributed by atoms with van der Waals surface area (Å²) in [4.78, 5) is 4.46. The average molecular weight is 392 g/mol. The first-order valence-electron chi connectivity index (χ1n) is 7.83. The Balaban J connectivity index is 0.00000243. The van der Waals surface area contributed by atoms with E-state index in [0.717, 1.165) is 0 Å². The Hall–Kier alpha value is -1.97. The number of alkyl halides is 2. The summed E-state index contributed by atoms with van der Waals surface area (Å²) in [7, 11) is 1.37. The second-order valence-electron chi connectivity index (χ2n) is 5.76. The highest BCUT2D eigenvalue weighted by molar-refractivity contribution is 5.85. The highest BCUT2D eigenvalue weighted by Crippen LogP contribution is 2.36. The minimum Gasteiger partial charge on any atom is -0.493 e. The number of benzene rings is 1. The molecular formula is C16H20ClF2N3O4. The average Bonchev–Trinajstić information content (AvgIpc) is 3.13. The molecule has 1 aromatic carbocycles. The molecular weight excluding hydrogens is 372 g/mol. The first-order chi connectivity index (χ1) is 12.1. The highest BCUT2D eigenvalue weighted by Gasteiger charge is 2.38. The van der Waals surface area contributed by atoms with E-state index in [1.54, 1.807) is 6.07 Å². The van der Waals surface area contributed by atoms with Crippen molar-refractivity contribution in [3.8, 4) is 22.9 Å². The fourth-order valence-corrected chi connectivity index (χ4v) is 2.82. The predicted octanol–water partition coefficient (Wildman–Crippen LogP) is 2.78. The molecule has 1 saturated heterocycles. The van der Waals surface area contributed by atoms with E-state index in [4.69, 9.17) is 19.7 Å². The lowest BCUT2D eigenvalue weighted by Gasteiger charge is -2.32. The van der Waals surface area contributed by atoms with Crippen LogP contribution in [0.2, 0.25) is 0 Å². The van der Waals surface area contributed by atoms with Crippen molar-refractivity contribution in [3.05, 3.63) is 24.1 Å². The van der Waals surface area contributed by atoms with E-state index >= 15 is 0 Å². The molecule has 1 fully saturated rings. The molecule has 0 spiro atoms. The summed E-state index contributed by atoms with van der Waals surface area (Å²) < 4.78 is 45.1. The molecule has 0 saturated carbocycles. The molecule has 2 heterocycles. The first kappa shape index (κ1) is 20.3. The van der Waals surface area contributed by atoms with Crippen LogP contribution in [0.3, 0.4) is 0 Å². The molecule has 144 valence electrons. The summed E-state index contributed by atoms with van der Waals surface area (Å²) in [6.07, 6.45) is 1.41. The van der Waals surface area contributed by atoms with Gasteiger partial charge in [-0.05, 0) is 31.0 Å². The van der Waals surface area contributed by atoms with Crippen LogP contribution in [0.25, 0.3) is 11.4 Å². The molecule has 1 aliphatic rings. The van der Waals surface area contributed by atoms with Crippen molar-refractivity contribution in [1.82, 2.24) is 10.1 Å². The van der Waals surface area contributed by atoms with Gasteiger partial charge in [0, 0.05) is 25.3 Å². The topological polar surface area (TPSA) is 92.6 Å². The second kappa shape index (κ2) is 8.61. The fourth-order valence-electron chi connectivity index (χ4n) is 2.82. The zero-order valence-corrected chi connectivity index (χ0v) is 14.9. The van der Waals surface area contributed by atoms with Crippen LogP contribution >= 0.6 is 12.4 Å². The fraction of sp³-hybridized carbons (Fsp3) is 0.500. The third-order valence-corrected chi connectivity index (χ3v) is 4.36. The maximum absolute atomic E-state index is 12.4. The van der Waals surface area contributed by atoms with Crippen LogP contribution in [0.5, 0.6) is 11.5 Å². The van der Waals surface area contributed by atoms with Crippen LogP contribution in [0.15, 0.2) is 22.7 Å². The summed E-state index contributed by atoms with van der Waals surface area (Å²) in [5, 5.41) is 3.99. The molecule has 0 atom stereocenters. The smallest absolute Gasteiger partial charge is 0.387 e. The van der Waals surface area contributed by atoms with Gasteiger partial charge in [-0.15, -0.1) is 12.4 Å². The highest BCUT2D eigenvalue weighted by atomic mass is 35.5. The molecule has 2 aromatic rings. The normalized spacial score (nSPS) is 16.2. The minimum absolute atomic E-state index is 0. The Morgan fingerprint density at radius 3 is 2.62 bits per heavy atom. The van der Waals surface area contributed by atoms with Gasteiger partial charge >= 0.3 is 6.61 Å². The van der Waals surface area contributed by atoms with Crippen molar-refractivity contribution in [2.24, 2.45) is 5.73 Å². The zero-order valence-electron chi connectivity index (χ0n) is 14.1. The Morgan fingerprint density at radius 1 is 1.27 bits per heavy atom. The summed E-state index contributed by atoms with van der Waals surface area (Å²) in [5.41, 5.74) is 6.11. The quantitative estimate of drug-likeness (QED) is 0.809. The lowest BCUT2D eigenvalue weighted by molar-refractivity contribution is -0.0512. The van der Waals surface area contributed by atoms with Crippen LogP contribution in [0, 0.1) is 0 Å². The van der Waals surface area contributed by atoms with Gasteiger partial charge in [-0.3, -0.25) is 0 Å². The van der Waals surface area contributed by atoms with E-state index in [9.17, 15) is 8.78 Å². The standard InChI is InChI=1S/C16H19F2N3O4.ClH/c1-22-12-8-10(2-3-11(12)24-15(17)18)13-20-14(25-21-13)16(9-19)4-6-23-7-5-16;/h2-3,8,15H,4-7,9,19H2,1H3;1H. The number of halogens is 3. The molecule has 7 nitrogen and oxygen atoms in total. The summed E-state index contributed by atoms with van der Waals surface area (Å²) >= 11 is 0. The maximum atomic E-state index is 12.4. The van der Waals surface area contributed by atoms with E-state index in [2.05, 4.69) is 14.9 Å². The Labute approximate surface area is 155 Å². The number of ether oxygens (including phenoxy) is 3. The third kappa shape index (κ3) is 4.05. The molecule has 3 rings (SSSR count). The molecule has 10 heteroatoms. The van der Waals surface area contributed by atoms with Gasteiger partial charge in [0.1, 0.15) is 0 Å². The molecule has 0 aliphatic carbocycles. The molecule has 1 aliphatic heterocycles. The van der Waals surface area contributed by atoms with Gasteiger partial charge in [0.15, 0.2) is 11.5 Å². The van der Waals surface area contributed by atoms with Gasteiger partial charge in [-0.2, -0.15) is 13.8 Å². The number of hydrogen-bond donors (Lipinski definition) is 1. The van der Waals surface area contributed by atoms with Gasteiger partial charge in [-0.25, -0.2) is 0 Å². The number of nitrogens with zero attached hydrogens (tertiary/aromatic N) is 2. The molecule has 0 radical (unpaired) electrons. The van der Waals surface area contributed by atoms with Crippen LogP contribution in [-0.2, 0) is 10.2 Å². The Bertz CT molecular complexity index is 723. The van der Waals surface area contributed by atoms with E-state index in [1.807, 2.05) is 0 Å².